The second-order valence-corrected chi connectivity index (χ2v) is 6.53. The molecule has 22 heavy (non-hydrogen) atoms. The molecule has 1 N–H and O–H groups in total. The summed E-state index contributed by atoms with van der Waals surface area (Å²) in [6.45, 7) is 8.24. The lowest BCUT2D eigenvalue weighted by molar-refractivity contribution is -0.119. The Hall–Kier alpha value is -2.20. The van der Waals surface area contributed by atoms with Gasteiger partial charge in [0.15, 0.2) is 0 Å². The smallest absolute Gasteiger partial charge is 0.234 e. The molecule has 1 aromatic rings. The summed E-state index contributed by atoms with van der Waals surface area (Å²) < 4.78 is 6.14. The van der Waals surface area contributed by atoms with Gasteiger partial charge in [0.25, 0.3) is 0 Å². The molecule has 0 saturated heterocycles. The van der Waals surface area contributed by atoms with E-state index in [0.717, 1.165) is 34.5 Å². The summed E-state index contributed by atoms with van der Waals surface area (Å²) in [5.41, 5.74) is 11.9. The Kier molecular flexibility index (Phi) is 3.29. The second-order valence-electron chi connectivity index (χ2n) is 6.53. The van der Waals surface area contributed by atoms with Gasteiger partial charge >= 0.3 is 0 Å². The molecule has 0 aromatic heterocycles. The van der Waals surface area contributed by atoms with Crippen molar-refractivity contribution in [1.29, 1.82) is 0 Å². The zero-order valence-electron chi connectivity index (χ0n) is 13.3. The molecule has 2 atom stereocenters. The van der Waals surface area contributed by atoms with Crippen LogP contribution in [0.1, 0.15) is 49.8 Å². The molecule has 6 heteroatoms. The Morgan fingerprint density at radius 2 is 2.23 bits per heavy atom. The lowest BCUT2D eigenvalue weighted by atomic mass is 9.81. The highest BCUT2D eigenvalue weighted by molar-refractivity contribution is 6.07. The molecule has 3 rings (SSSR count). The number of rotatable bonds is 3. The fourth-order valence-electron chi connectivity index (χ4n) is 3.57. The third kappa shape index (κ3) is 1.87. The van der Waals surface area contributed by atoms with Crippen LogP contribution in [0, 0.1) is 6.92 Å². The van der Waals surface area contributed by atoms with E-state index in [4.69, 9.17) is 10.3 Å². The van der Waals surface area contributed by atoms with E-state index in [9.17, 15) is 4.79 Å². The Labute approximate surface area is 129 Å². The molecule has 2 aliphatic rings. The quantitative estimate of drug-likeness (QED) is 0.523. The fraction of sp³-hybridized carbons (Fsp3) is 0.562. The molecule has 1 amide bonds. The third-order valence-electron chi connectivity index (χ3n) is 4.82. The van der Waals surface area contributed by atoms with Crippen LogP contribution in [0.25, 0.3) is 10.4 Å². The molecule has 116 valence electrons. The number of amides is 1. The van der Waals surface area contributed by atoms with Crippen LogP contribution < -0.4 is 10.1 Å². The number of hydrogen-bond donors (Lipinski definition) is 1. The zero-order chi connectivity index (χ0) is 16.1. The highest BCUT2D eigenvalue weighted by Crippen LogP contribution is 2.52. The number of anilines is 1. The number of fused-ring (bicyclic) bond motifs is 3. The number of azide groups is 1. The van der Waals surface area contributed by atoms with Gasteiger partial charge in [-0.2, -0.15) is 0 Å². The average Bonchev–Trinajstić information content (AvgIpc) is 2.92. The van der Waals surface area contributed by atoms with Crippen molar-refractivity contribution in [1.82, 2.24) is 0 Å². The van der Waals surface area contributed by atoms with E-state index >= 15 is 0 Å². The van der Waals surface area contributed by atoms with Gasteiger partial charge in [-0.1, -0.05) is 12.0 Å². The van der Waals surface area contributed by atoms with Crippen LogP contribution in [0.15, 0.2) is 11.2 Å². The zero-order valence-corrected chi connectivity index (χ0v) is 13.3. The molecule has 0 saturated carbocycles. The second kappa shape index (κ2) is 4.92. The van der Waals surface area contributed by atoms with Crippen LogP contribution in [-0.4, -0.2) is 18.6 Å². The molecule has 0 radical (unpaired) electrons. The first kappa shape index (κ1) is 14.7. The standard InChI is InChI=1S/C16H20N4O2/c1-5-9-10-6-8(2)13-12(16(3,4)15(21)19-13)14(10)22-11(9)7-18-20-17/h6,9,11H,5,7H2,1-4H3,(H,19,21). The predicted molar refractivity (Wildman–Crippen MR) is 84.3 cm³/mol. The molecule has 1 aromatic carbocycles. The number of carbonyl (C=O) groups is 1. The predicted octanol–water partition coefficient (Wildman–Crippen LogP) is 3.79. The molecule has 2 aliphatic heterocycles. The number of nitrogens with one attached hydrogen (secondary N) is 1. The van der Waals surface area contributed by atoms with Gasteiger partial charge in [0.05, 0.1) is 17.6 Å². The van der Waals surface area contributed by atoms with E-state index in [1.54, 1.807) is 0 Å². The van der Waals surface area contributed by atoms with Crippen molar-refractivity contribution in [2.45, 2.75) is 51.6 Å². The van der Waals surface area contributed by atoms with Crippen molar-refractivity contribution >= 4 is 11.6 Å². The van der Waals surface area contributed by atoms with Crippen molar-refractivity contribution < 1.29 is 9.53 Å². The number of benzene rings is 1. The van der Waals surface area contributed by atoms with E-state index in [0.29, 0.717) is 6.54 Å². The first-order valence-electron chi connectivity index (χ1n) is 7.58. The van der Waals surface area contributed by atoms with Crippen molar-refractivity contribution in [2.24, 2.45) is 5.11 Å². The van der Waals surface area contributed by atoms with Gasteiger partial charge in [-0.25, -0.2) is 0 Å². The maximum Gasteiger partial charge on any atom is 0.234 e. The van der Waals surface area contributed by atoms with Crippen molar-refractivity contribution in [3.8, 4) is 5.75 Å². The molecule has 0 bridgehead atoms. The molecule has 0 aliphatic carbocycles. The average molecular weight is 300 g/mol. The number of ether oxygens (including phenoxy) is 1. The summed E-state index contributed by atoms with van der Waals surface area (Å²) >= 11 is 0. The molecular formula is C16H20N4O2. The number of carbonyl (C=O) groups excluding carboxylic acids is 1. The van der Waals surface area contributed by atoms with Crippen molar-refractivity contribution in [3.05, 3.63) is 33.2 Å². The summed E-state index contributed by atoms with van der Waals surface area (Å²) in [7, 11) is 0. The number of aryl methyl sites for hydroxylation is 1. The largest absolute Gasteiger partial charge is 0.489 e. The van der Waals surface area contributed by atoms with Gasteiger partial charge in [0.1, 0.15) is 11.9 Å². The van der Waals surface area contributed by atoms with Gasteiger partial charge in [0.2, 0.25) is 5.91 Å². The molecular weight excluding hydrogens is 280 g/mol. The summed E-state index contributed by atoms with van der Waals surface area (Å²) in [5, 5.41) is 6.65. The van der Waals surface area contributed by atoms with Crippen LogP contribution in [0.5, 0.6) is 5.75 Å². The SMILES string of the molecule is CCC1c2cc(C)c3c(c2OC1CN=[N+]=[N-])C(C)(C)C(=O)N3. The summed E-state index contributed by atoms with van der Waals surface area (Å²) in [6, 6.07) is 2.10. The lowest BCUT2D eigenvalue weighted by Gasteiger charge is -2.19. The monoisotopic (exact) mass is 300 g/mol. The topological polar surface area (TPSA) is 87.1 Å². The van der Waals surface area contributed by atoms with Gasteiger partial charge in [-0.15, -0.1) is 0 Å². The fourth-order valence-corrected chi connectivity index (χ4v) is 3.57. The van der Waals surface area contributed by atoms with E-state index in [-0.39, 0.29) is 17.9 Å². The lowest BCUT2D eigenvalue weighted by Crippen LogP contribution is -2.27. The van der Waals surface area contributed by atoms with Gasteiger partial charge in [-0.05, 0) is 44.4 Å². The normalized spacial score (nSPS) is 24.1. The Morgan fingerprint density at radius 3 is 2.86 bits per heavy atom. The molecule has 0 spiro atoms. The molecule has 2 unspecified atom stereocenters. The summed E-state index contributed by atoms with van der Waals surface area (Å²) in [6.07, 6.45) is 0.742. The van der Waals surface area contributed by atoms with Crippen molar-refractivity contribution in [2.75, 3.05) is 11.9 Å². The first-order valence-corrected chi connectivity index (χ1v) is 7.58. The summed E-state index contributed by atoms with van der Waals surface area (Å²) in [4.78, 5) is 15.1. The number of nitrogens with zero attached hydrogens (tertiary/aromatic N) is 3. The van der Waals surface area contributed by atoms with E-state index in [2.05, 4.69) is 28.3 Å². The third-order valence-corrected chi connectivity index (χ3v) is 4.82. The van der Waals surface area contributed by atoms with Gasteiger partial charge in [0, 0.05) is 22.0 Å². The highest BCUT2D eigenvalue weighted by atomic mass is 16.5. The Bertz CT molecular complexity index is 705. The minimum atomic E-state index is -0.614. The van der Waals surface area contributed by atoms with Crippen LogP contribution in [0.2, 0.25) is 0 Å². The number of hydrogen-bond acceptors (Lipinski definition) is 3. The van der Waals surface area contributed by atoms with Gasteiger partial charge in [-0.3, -0.25) is 4.79 Å². The van der Waals surface area contributed by atoms with Crippen LogP contribution in [0.4, 0.5) is 5.69 Å². The van der Waals surface area contributed by atoms with Crippen LogP contribution in [0.3, 0.4) is 0 Å². The van der Waals surface area contributed by atoms with Crippen LogP contribution in [-0.2, 0) is 10.2 Å². The highest BCUT2D eigenvalue weighted by Gasteiger charge is 2.46. The van der Waals surface area contributed by atoms with E-state index in [1.807, 2.05) is 20.8 Å². The minimum Gasteiger partial charge on any atom is -0.489 e. The van der Waals surface area contributed by atoms with Crippen molar-refractivity contribution in [3.63, 3.8) is 0 Å². The maximum atomic E-state index is 12.3. The van der Waals surface area contributed by atoms with E-state index < -0.39 is 5.41 Å². The van der Waals surface area contributed by atoms with E-state index in [1.165, 1.54) is 0 Å². The maximum absolute atomic E-state index is 12.3. The Balaban J connectivity index is 2.16. The molecule has 0 fully saturated rings. The first-order chi connectivity index (χ1) is 10.4. The minimum absolute atomic E-state index is 0.00542. The van der Waals surface area contributed by atoms with Gasteiger partial charge < -0.3 is 10.1 Å². The van der Waals surface area contributed by atoms with Crippen LogP contribution >= 0.6 is 0 Å². The summed E-state index contributed by atoms with van der Waals surface area (Å²) in [5.74, 6) is 0.985. The molecule has 2 heterocycles. The molecule has 6 nitrogen and oxygen atoms in total. The Morgan fingerprint density at radius 1 is 1.50 bits per heavy atom.